The second-order valence-corrected chi connectivity index (χ2v) is 7.75. The zero-order chi connectivity index (χ0) is 24.5. The minimum atomic E-state index is -1.01. The fraction of sp³-hybridized carbons (Fsp3) is 0.231. The molecule has 3 heterocycles. The summed E-state index contributed by atoms with van der Waals surface area (Å²) in [5, 5.41) is 11.4. The molecule has 0 radical (unpaired) electrons. The Morgan fingerprint density at radius 3 is 2.57 bits per heavy atom. The van der Waals surface area contributed by atoms with Gasteiger partial charge >= 0.3 is 0 Å². The largest absolute Gasteiger partial charge is 0.507 e. The summed E-state index contributed by atoms with van der Waals surface area (Å²) in [7, 11) is 0. The van der Waals surface area contributed by atoms with Gasteiger partial charge in [0.1, 0.15) is 29.1 Å². The van der Waals surface area contributed by atoms with Crippen LogP contribution in [0.4, 0.5) is 5.69 Å². The van der Waals surface area contributed by atoms with Gasteiger partial charge in [-0.3, -0.25) is 14.5 Å². The van der Waals surface area contributed by atoms with E-state index in [1.807, 2.05) is 6.92 Å². The molecule has 1 fully saturated rings. The number of fused-ring (bicyclic) bond motifs is 1. The normalized spacial score (nSPS) is 18.2. The number of rotatable bonds is 7. The third-order valence-corrected chi connectivity index (χ3v) is 5.71. The number of carbonyl (C=O) groups excluding carboxylic acids is 2. The van der Waals surface area contributed by atoms with Crippen molar-refractivity contribution in [3.63, 3.8) is 0 Å². The average molecular weight is 477 g/mol. The maximum atomic E-state index is 13.3. The summed E-state index contributed by atoms with van der Waals surface area (Å²) in [6, 6.07) is 12.1. The van der Waals surface area contributed by atoms with Crippen molar-refractivity contribution in [3.05, 3.63) is 71.7 Å². The first-order valence-electron chi connectivity index (χ1n) is 11.2. The van der Waals surface area contributed by atoms with Gasteiger partial charge in [0.05, 0.1) is 30.6 Å². The Bertz CT molecular complexity index is 1310. The molecule has 35 heavy (non-hydrogen) atoms. The van der Waals surface area contributed by atoms with Gasteiger partial charge in [-0.2, -0.15) is 0 Å². The number of aliphatic hydroxyl groups excluding tert-OH is 1. The van der Waals surface area contributed by atoms with Crippen LogP contribution in [0.1, 0.15) is 31.2 Å². The molecule has 2 aliphatic heterocycles. The molecule has 9 nitrogen and oxygen atoms in total. The number of furan rings is 1. The van der Waals surface area contributed by atoms with E-state index in [4.69, 9.17) is 23.4 Å². The molecule has 0 spiro atoms. The van der Waals surface area contributed by atoms with Gasteiger partial charge in [0, 0.05) is 17.8 Å². The molecule has 9 heteroatoms. The van der Waals surface area contributed by atoms with Crippen LogP contribution in [-0.2, 0) is 9.59 Å². The first kappa shape index (κ1) is 22.4. The Balaban J connectivity index is 1.67. The first-order chi connectivity index (χ1) is 17.0. The summed E-state index contributed by atoms with van der Waals surface area (Å²) in [6.45, 7) is 4.50. The Labute approximate surface area is 201 Å². The molecule has 3 aromatic rings. The Morgan fingerprint density at radius 2 is 1.83 bits per heavy atom. The summed E-state index contributed by atoms with van der Waals surface area (Å²) >= 11 is 0. The van der Waals surface area contributed by atoms with E-state index < -0.39 is 17.7 Å². The van der Waals surface area contributed by atoms with Crippen molar-refractivity contribution >= 4 is 23.1 Å². The SMILES string of the molecule is CCOc1ccc(/C(O)=C2/C(=O)C(=O)N(c3ccc4c(c3)OCO4)C2c2ccco2)c(OCC)c1. The van der Waals surface area contributed by atoms with Crippen LogP contribution in [0.3, 0.4) is 0 Å². The number of amides is 1. The Kier molecular flexibility index (Phi) is 5.82. The minimum absolute atomic E-state index is 0.0666. The van der Waals surface area contributed by atoms with Crippen LogP contribution in [0.5, 0.6) is 23.0 Å². The molecule has 0 aliphatic carbocycles. The van der Waals surface area contributed by atoms with E-state index in [2.05, 4.69) is 0 Å². The highest BCUT2D eigenvalue weighted by molar-refractivity contribution is 6.51. The number of nitrogens with zero attached hydrogens (tertiary/aromatic N) is 1. The molecule has 1 aromatic heterocycles. The third kappa shape index (κ3) is 3.84. The molecule has 2 aliphatic rings. The lowest BCUT2D eigenvalue weighted by Gasteiger charge is -2.23. The number of benzene rings is 2. The van der Waals surface area contributed by atoms with Crippen molar-refractivity contribution in [2.45, 2.75) is 19.9 Å². The van der Waals surface area contributed by atoms with Crippen molar-refractivity contribution < 1.29 is 38.1 Å². The number of ketones is 1. The van der Waals surface area contributed by atoms with Crippen LogP contribution in [0.2, 0.25) is 0 Å². The average Bonchev–Trinajstić information content (AvgIpc) is 3.59. The number of hydrogen-bond donors (Lipinski definition) is 1. The zero-order valence-corrected chi connectivity index (χ0v) is 19.1. The second kappa shape index (κ2) is 9.09. The molecule has 1 amide bonds. The number of hydrogen-bond acceptors (Lipinski definition) is 8. The molecule has 0 saturated carbocycles. The van der Waals surface area contributed by atoms with Crippen molar-refractivity contribution in [2.24, 2.45) is 0 Å². The van der Waals surface area contributed by atoms with Gasteiger partial charge in [-0.1, -0.05) is 0 Å². The van der Waals surface area contributed by atoms with Gasteiger partial charge in [-0.25, -0.2) is 0 Å². The lowest BCUT2D eigenvalue weighted by Crippen LogP contribution is -2.29. The smallest absolute Gasteiger partial charge is 0.300 e. The highest BCUT2D eigenvalue weighted by atomic mass is 16.7. The summed E-state index contributed by atoms with van der Waals surface area (Å²) < 4.78 is 27.7. The van der Waals surface area contributed by atoms with Crippen LogP contribution in [0, 0.1) is 0 Å². The van der Waals surface area contributed by atoms with E-state index in [1.54, 1.807) is 55.5 Å². The highest BCUT2D eigenvalue weighted by Crippen LogP contribution is 2.46. The number of Topliss-reactive ketones (excluding diaryl/α,β-unsaturated/α-hetero) is 1. The van der Waals surface area contributed by atoms with Crippen LogP contribution in [0.25, 0.3) is 5.76 Å². The summed E-state index contributed by atoms with van der Waals surface area (Å²) in [5.74, 6) is 0.142. The van der Waals surface area contributed by atoms with Crippen LogP contribution in [-0.4, -0.2) is 36.8 Å². The van der Waals surface area contributed by atoms with E-state index in [0.717, 1.165) is 0 Å². The zero-order valence-electron chi connectivity index (χ0n) is 19.1. The van der Waals surface area contributed by atoms with Gasteiger partial charge in [-0.15, -0.1) is 0 Å². The number of aliphatic hydroxyl groups is 1. The molecule has 5 rings (SSSR count). The number of ether oxygens (including phenoxy) is 4. The molecular weight excluding hydrogens is 454 g/mol. The van der Waals surface area contributed by atoms with Crippen molar-refractivity contribution in [1.82, 2.24) is 0 Å². The second-order valence-electron chi connectivity index (χ2n) is 7.75. The van der Waals surface area contributed by atoms with Gasteiger partial charge in [0.15, 0.2) is 11.5 Å². The third-order valence-electron chi connectivity index (χ3n) is 5.71. The maximum absolute atomic E-state index is 13.3. The molecule has 0 bridgehead atoms. The van der Waals surface area contributed by atoms with Gasteiger partial charge in [0.2, 0.25) is 6.79 Å². The molecule has 1 unspecified atom stereocenters. The van der Waals surface area contributed by atoms with E-state index in [9.17, 15) is 14.7 Å². The summed E-state index contributed by atoms with van der Waals surface area (Å²) in [5.41, 5.74) is 0.539. The Hall–Kier alpha value is -4.40. The lowest BCUT2D eigenvalue weighted by atomic mass is 9.98. The predicted molar refractivity (Wildman–Crippen MR) is 125 cm³/mol. The fourth-order valence-electron chi connectivity index (χ4n) is 4.22. The number of carbonyl (C=O) groups is 2. The molecule has 2 aromatic carbocycles. The molecule has 180 valence electrons. The first-order valence-corrected chi connectivity index (χ1v) is 11.2. The molecular formula is C26H23NO8. The molecule has 1 N–H and O–H groups in total. The topological polar surface area (TPSA) is 108 Å². The maximum Gasteiger partial charge on any atom is 0.300 e. The van der Waals surface area contributed by atoms with E-state index >= 15 is 0 Å². The van der Waals surface area contributed by atoms with Crippen LogP contribution >= 0.6 is 0 Å². The number of anilines is 1. The van der Waals surface area contributed by atoms with Crippen molar-refractivity contribution in [3.8, 4) is 23.0 Å². The van der Waals surface area contributed by atoms with Gasteiger partial charge < -0.3 is 28.5 Å². The van der Waals surface area contributed by atoms with Crippen LogP contribution in [0.15, 0.2) is 64.8 Å². The fourth-order valence-corrected chi connectivity index (χ4v) is 4.22. The Morgan fingerprint density at radius 1 is 1.03 bits per heavy atom. The van der Waals surface area contributed by atoms with E-state index in [0.29, 0.717) is 47.7 Å². The van der Waals surface area contributed by atoms with E-state index in [-0.39, 0.29) is 23.7 Å². The van der Waals surface area contributed by atoms with Gasteiger partial charge in [-0.05, 0) is 50.2 Å². The highest BCUT2D eigenvalue weighted by Gasteiger charge is 2.48. The molecule has 1 saturated heterocycles. The quantitative estimate of drug-likeness (QED) is 0.303. The monoisotopic (exact) mass is 477 g/mol. The van der Waals surface area contributed by atoms with Crippen LogP contribution < -0.4 is 23.8 Å². The van der Waals surface area contributed by atoms with E-state index in [1.165, 1.54) is 11.2 Å². The van der Waals surface area contributed by atoms with Crippen molar-refractivity contribution in [1.29, 1.82) is 0 Å². The summed E-state index contributed by atoms with van der Waals surface area (Å²) in [6.07, 6.45) is 1.44. The predicted octanol–water partition coefficient (Wildman–Crippen LogP) is 4.43. The standard InChI is InChI=1S/C26H23NO8/c1-3-31-16-8-9-17(20(13-16)32-4-2)24(28)22-23(19-6-5-11-33-19)27(26(30)25(22)29)15-7-10-18-21(12-15)35-14-34-18/h5-13,23,28H,3-4,14H2,1-2H3/b24-22-. The summed E-state index contributed by atoms with van der Waals surface area (Å²) in [4.78, 5) is 27.9. The van der Waals surface area contributed by atoms with Gasteiger partial charge in [0.25, 0.3) is 11.7 Å². The molecule has 1 atom stereocenters. The van der Waals surface area contributed by atoms with Crippen molar-refractivity contribution in [2.75, 3.05) is 24.9 Å². The minimum Gasteiger partial charge on any atom is -0.507 e. The lowest BCUT2D eigenvalue weighted by molar-refractivity contribution is -0.132.